The summed E-state index contributed by atoms with van der Waals surface area (Å²) in [4.78, 5) is 21.3. The van der Waals surface area contributed by atoms with Crippen molar-refractivity contribution in [2.75, 3.05) is 32.8 Å². The Balaban J connectivity index is 1.55. The minimum atomic E-state index is -0.273. The molecular weight excluding hydrogens is 413 g/mol. The number of pyridine rings is 1. The lowest BCUT2D eigenvalue weighted by Crippen LogP contribution is -2.38. The number of carbonyl (C=O) groups excluding carboxylic acids is 1. The van der Waals surface area contributed by atoms with E-state index in [1.807, 2.05) is 12.1 Å². The Hall–Kier alpha value is -1.83. The molecule has 7 heteroatoms. The molecule has 0 atom stereocenters. The number of amides is 1. The number of hydrogen-bond acceptors (Lipinski definition) is 4. The molecule has 1 amide bonds. The molecule has 0 unspecified atom stereocenters. The van der Waals surface area contributed by atoms with Crippen molar-refractivity contribution < 1.29 is 13.9 Å². The zero-order valence-corrected chi connectivity index (χ0v) is 16.5. The molecule has 1 fully saturated rings. The van der Waals surface area contributed by atoms with Crippen molar-refractivity contribution >= 4 is 21.8 Å². The lowest BCUT2D eigenvalue weighted by Gasteiger charge is -2.30. The highest BCUT2D eigenvalue weighted by Gasteiger charge is 2.26. The number of hydrogen-bond donors (Lipinski definition) is 0. The number of rotatable bonds is 4. The van der Waals surface area contributed by atoms with Crippen molar-refractivity contribution in [1.29, 1.82) is 0 Å². The second-order valence-corrected chi connectivity index (χ2v) is 7.84. The quantitative estimate of drug-likeness (QED) is 0.743. The summed E-state index contributed by atoms with van der Waals surface area (Å²) in [6.45, 7) is 4.92. The van der Waals surface area contributed by atoms with Crippen LogP contribution in [0.1, 0.15) is 27.2 Å². The zero-order chi connectivity index (χ0) is 18.8. The maximum absolute atomic E-state index is 13.9. The Morgan fingerprint density at radius 1 is 1.11 bits per heavy atom. The van der Waals surface area contributed by atoms with E-state index >= 15 is 0 Å². The van der Waals surface area contributed by atoms with E-state index in [1.165, 1.54) is 6.07 Å². The van der Waals surface area contributed by atoms with Crippen molar-refractivity contribution in [3.05, 3.63) is 63.1 Å². The molecule has 27 heavy (non-hydrogen) atoms. The smallest absolute Gasteiger partial charge is 0.256 e. The van der Waals surface area contributed by atoms with Crippen LogP contribution in [0, 0.1) is 5.82 Å². The number of ether oxygens (including phenoxy) is 1. The molecule has 3 heterocycles. The van der Waals surface area contributed by atoms with Gasteiger partial charge in [0.1, 0.15) is 5.82 Å². The summed E-state index contributed by atoms with van der Waals surface area (Å²) >= 11 is 3.38. The molecule has 0 spiro atoms. The molecule has 0 saturated carbocycles. The van der Waals surface area contributed by atoms with E-state index in [-0.39, 0.29) is 11.7 Å². The predicted molar refractivity (Wildman–Crippen MR) is 103 cm³/mol. The summed E-state index contributed by atoms with van der Waals surface area (Å²) in [5, 5.41) is 0. The van der Waals surface area contributed by atoms with Gasteiger partial charge in [-0.25, -0.2) is 4.39 Å². The molecule has 4 rings (SSSR count). The van der Waals surface area contributed by atoms with Crippen LogP contribution in [-0.2, 0) is 24.2 Å². The van der Waals surface area contributed by atoms with Crippen LogP contribution in [0.15, 0.2) is 34.9 Å². The van der Waals surface area contributed by atoms with Crippen LogP contribution in [0.25, 0.3) is 0 Å². The second kappa shape index (κ2) is 8.04. The maximum atomic E-state index is 13.9. The van der Waals surface area contributed by atoms with Crippen LogP contribution in [0.2, 0.25) is 0 Å². The molecule has 0 aliphatic carbocycles. The highest BCUT2D eigenvalue weighted by atomic mass is 79.9. The molecule has 2 aliphatic heterocycles. The second-order valence-electron chi connectivity index (χ2n) is 6.93. The van der Waals surface area contributed by atoms with E-state index < -0.39 is 0 Å². The lowest BCUT2D eigenvalue weighted by atomic mass is 10.0. The van der Waals surface area contributed by atoms with Crippen LogP contribution >= 0.6 is 15.9 Å². The lowest BCUT2D eigenvalue weighted by molar-refractivity contribution is 0.0339. The van der Waals surface area contributed by atoms with Gasteiger partial charge < -0.3 is 9.64 Å². The Bertz CT molecular complexity index is 855. The van der Waals surface area contributed by atoms with Gasteiger partial charge in [-0.1, -0.05) is 6.07 Å². The number of fused-ring (bicyclic) bond motifs is 1. The molecule has 1 aromatic carbocycles. The van der Waals surface area contributed by atoms with Gasteiger partial charge in [-0.3, -0.25) is 14.7 Å². The van der Waals surface area contributed by atoms with Crippen molar-refractivity contribution in [3.8, 4) is 0 Å². The van der Waals surface area contributed by atoms with E-state index in [0.717, 1.165) is 54.1 Å². The topological polar surface area (TPSA) is 45.7 Å². The first-order valence-corrected chi connectivity index (χ1v) is 9.90. The first kappa shape index (κ1) is 18.5. The Morgan fingerprint density at radius 2 is 1.93 bits per heavy atom. The number of carbonyl (C=O) groups is 1. The number of aromatic nitrogens is 1. The fraction of sp³-hybridized carbons (Fsp3) is 0.400. The predicted octanol–water partition coefficient (Wildman–Crippen LogP) is 3.01. The molecule has 0 bridgehead atoms. The van der Waals surface area contributed by atoms with Gasteiger partial charge in [0.15, 0.2) is 0 Å². The van der Waals surface area contributed by atoms with Gasteiger partial charge in [0.05, 0.1) is 24.5 Å². The fourth-order valence-corrected chi connectivity index (χ4v) is 3.95. The van der Waals surface area contributed by atoms with Crippen molar-refractivity contribution in [2.24, 2.45) is 0 Å². The van der Waals surface area contributed by atoms with E-state index in [9.17, 15) is 9.18 Å². The molecule has 2 aromatic rings. The third-order valence-electron chi connectivity index (χ3n) is 5.10. The molecular formula is C20H21BrFN3O2. The normalized spacial score (nSPS) is 17.9. The molecule has 0 N–H and O–H groups in total. The van der Waals surface area contributed by atoms with Gasteiger partial charge in [0.25, 0.3) is 5.91 Å². The van der Waals surface area contributed by atoms with Crippen LogP contribution in [0.4, 0.5) is 4.39 Å². The number of benzene rings is 1. The monoisotopic (exact) mass is 433 g/mol. The molecule has 142 valence electrons. The van der Waals surface area contributed by atoms with E-state index in [2.05, 4.69) is 25.8 Å². The van der Waals surface area contributed by atoms with Gasteiger partial charge >= 0.3 is 0 Å². The highest BCUT2D eigenvalue weighted by molar-refractivity contribution is 9.10. The largest absolute Gasteiger partial charge is 0.379 e. The SMILES string of the molecule is O=C1c2cc(Br)cnc2CCN1Cc1cc(F)ccc1CN1CCOCC1. The molecule has 0 radical (unpaired) electrons. The van der Waals surface area contributed by atoms with Crippen molar-refractivity contribution in [1.82, 2.24) is 14.8 Å². The van der Waals surface area contributed by atoms with Gasteiger partial charge in [0, 0.05) is 49.8 Å². The highest BCUT2D eigenvalue weighted by Crippen LogP contribution is 2.24. The standard InChI is InChI=1S/C20H21BrFN3O2/c21-16-10-18-19(23-11-16)3-4-25(20(18)26)13-15-9-17(22)2-1-14(15)12-24-5-7-27-8-6-24/h1-2,9-11H,3-8,12-13H2. The minimum Gasteiger partial charge on any atom is -0.379 e. The molecule has 1 aromatic heterocycles. The summed E-state index contributed by atoms with van der Waals surface area (Å²) in [5.41, 5.74) is 3.37. The average molecular weight is 434 g/mol. The molecule has 1 saturated heterocycles. The molecule has 2 aliphatic rings. The number of nitrogens with zero attached hydrogens (tertiary/aromatic N) is 3. The van der Waals surface area contributed by atoms with Gasteiger partial charge in [0.2, 0.25) is 0 Å². The van der Waals surface area contributed by atoms with Gasteiger partial charge in [-0.15, -0.1) is 0 Å². The van der Waals surface area contributed by atoms with Crippen LogP contribution in [0.3, 0.4) is 0 Å². The third-order valence-corrected chi connectivity index (χ3v) is 5.53. The van der Waals surface area contributed by atoms with Crippen LogP contribution in [-0.4, -0.2) is 53.5 Å². The third kappa shape index (κ3) is 4.20. The van der Waals surface area contributed by atoms with Crippen LogP contribution in [0.5, 0.6) is 0 Å². The van der Waals surface area contributed by atoms with E-state index in [0.29, 0.717) is 25.1 Å². The summed E-state index contributed by atoms with van der Waals surface area (Å²) in [7, 11) is 0. The summed E-state index contributed by atoms with van der Waals surface area (Å²) < 4.78 is 20.1. The zero-order valence-electron chi connectivity index (χ0n) is 15.0. The van der Waals surface area contributed by atoms with E-state index in [1.54, 1.807) is 17.2 Å². The van der Waals surface area contributed by atoms with Crippen molar-refractivity contribution in [3.63, 3.8) is 0 Å². The number of morpholine rings is 1. The Kier molecular flexibility index (Phi) is 5.52. The average Bonchev–Trinajstić information content (AvgIpc) is 2.67. The van der Waals surface area contributed by atoms with E-state index in [4.69, 9.17) is 4.74 Å². The maximum Gasteiger partial charge on any atom is 0.256 e. The van der Waals surface area contributed by atoms with Gasteiger partial charge in [-0.05, 0) is 45.3 Å². The summed E-state index contributed by atoms with van der Waals surface area (Å²) in [6, 6.07) is 6.70. The van der Waals surface area contributed by atoms with Crippen LogP contribution < -0.4 is 0 Å². The summed E-state index contributed by atoms with van der Waals surface area (Å²) in [5.74, 6) is -0.323. The Labute approximate surface area is 166 Å². The Morgan fingerprint density at radius 3 is 2.74 bits per heavy atom. The number of halogens is 2. The summed E-state index contributed by atoms with van der Waals surface area (Å²) in [6.07, 6.45) is 2.43. The van der Waals surface area contributed by atoms with Crippen molar-refractivity contribution in [2.45, 2.75) is 19.5 Å². The minimum absolute atomic E-state index is 0.0494. The first-order chi connectivity index (χ1) is 13.1. The fourth-order valence-electron chi connectivity index (χ4n) is 3.62. The van der Waals surface area contributed by atoms with Gasteiger partial charge in [-0.2, -0.15) is 0 Å². The molecule has 5 nitrogen and oxygen atoms in total. The first-order valence-electron chi connectivity index (χ1n) is 9.11.